The molecule has 0 bridgehead atoms. The number of carbonyl (C=O) groups excluding carboxylic acids is 2. The predicted octanol–water partition coefficient (Wildman–Crippen LogP) is 4.73. The molecule has 0 N–H and O–H groups in total. The summed E-state index contributed by atoms with van der Waals surface area (Å²) in [6.07, 6.45) is 1.71. The lowest BCUT2D eigenvalue weighted by atomic mass is 10.0. The standard InChI is InChI=1S/C22H20BrNO4/c1-4-28-22(26)20-14(2)24(17-8-10-18(27-3)11-9-17)21(25)19(20)13-15-6-5-7-16(23)12-15/h5-13H,4H2,1-3H3/b19-13-. The number of anilines is 1. The number of halogens is 1. The Morgan fingerprint density at radius 2 is 1.89 bits per heavy atom. The Morgan fingerprint density at radius 3 is 2.50 bits per heavy atom. The Labute approximate surface area is 172 Å². The first-order valence-electron chi connectivity index (χ1n) is 8.80. The highest BCUT2D eigenvalue weighted by atomic mass is 79.9. The zero-order valence-corrected chi connectivity index (χ0v) is 17.4. The van der Waals surface area contributed by atoms with Crippen LogP contribution in [-0.4, -0.2) is 25.6 Å². The molecular formula is C22H20BrNO4. The molecule has 0 fully saturated rings. The van der Waals surface area contributed by atoms with Crippen LogP contribution < -0.4 is 9.64 Å². The fraction of sp³-hybridized carbons (Fsp3) is 0.182. The number of hydrogen-bond acceptors (Lipinski definition) is 4. The fourth-order valence-corrected chi connectivity index (χ4v) is 3.50. The molecule has 2 aromatic rings. The van der Waals surface area contributed by atoms with Gasteiger partial charge in [0.15, 0.2) is 0 Å². The van der Waals surface area contributed by atoms with Crippen molar-refractivity contribution in [2.45, 2.75) is 13.8 Å². The van der Waals surface area contributed by atoms with Gasteiger partial charge >= 0.3 is 5.97 Å². The third kappa shape index (κ3) is 3.87. The van der Waals surface area contributed by atoms with E-state index in [1.165, 1.54) is 4.90 Å². The smallest absolute Gasteiger partial charge is 0.340 e. The van der Waals surface area contributed by atoms with Crippen molar-refractivity contribution in [3.05, 3.63) is 75.4 Å². The van der Waals surface area contributed by atoms with Crippen molar-refractivity contribution in [3.8, 4) is 5.75 Å². The molecule has 0 radical (unpaired) electrons. The number of nitrogens with zero attached hydrogens (tertiary/aromatic N) is 1. The predicted molar refractivity (Wildman–Crippen MR) is 112 cm³/mol. The van der Waals surface area contributed by atoms with Crippen LogP contribution in [0, 0.1) is 0 Å². The Kier molecular flexibility index (Phi) is 5.99. The number of amides is 1. The molecule has 0 aliphatic carbocycles. The minimum absolute atomic E-state index is 0.233. The van der Waals surface area contributed by atoms with Gasteiger partial charge in [0.25, 0.3) is 5.91 Å². The molecule has 0 atom stereocenters. The van der Waals surface area contributed by atoms with Crippen LogP contribution in [0.5, 0.6) is 5.75 Å². The molecule has 1 amide bonds. The molecule has 0 saturated carbocycles. The molecule has 0 saturated heterocycles. The summed E-state index contributed by atoms with van der Waals surface area (Å²) >= 11 is 3.43. The van der Waals surface area contributed by atoms with Crippen molar-refractivity contribution in [1.82, 2.24) is 0 Å². The lowest BCUT2D eigenvalue weighted by molar-refractivity contribution is -0.138. The zero-order chi connectivity index (χ0) is 20.3. The average Bonchev–Trinajstić information content (AvgIpc) is 2.92. The number of ether oxygens (including phenoxy) is 2. The van der Waals surface area contributed by atoms with Crippen LogP contribution in [0.2, 0.25) is 0 Å². The Bertz CT molecular complexity index is 976. The maximum absolute atomic E-state index is 13.2. The van der Waals surface area contributed by atoms with E-state index in [4.69, 9.17) is 9.47 Å². The van der Waals surface area contributed by atoms with Gasteiger partial charge in [0.05, 0.1) is 24.9 Å². The van der Waals surface area contributed by atoms with Crippen molar-refractivity contribution in [2.75, 3.05) is 18.6 Å². The van der Waals surface area contributed by atoms with E-state index < -0.39 is 5.97 Å². The van der Waals surface area contributed by atoms with E-state index in [0.29, 0.717) is 22.7 Å². The van der Waals surface area contributed by atoms with Crippen molar-refractivity contribution >= 4 is 39.6 Å². The molecule has 1 aliphatic heterocycles. The van der Waals surface area contributed by atoms with Gasteiger partial charge in [0, 0.05) is 15.9 Å². The highest BCUT2D eigenvalue weighted by molar-refractivity contribution is 9.10. The molecule has 28 heavy (non-hydrogen) atoms. The van der Waals surface area contributed by atoms with Crippen LogP contribution in [0.15, 0.2) is 69.8 Å². The van der Waals surface area contributed by atoms with E-state index >= 15 is 0 Å². The van der Waals surface area contributed by atoms with E-state index in [0.717, 1.165) is 10.0 Å². The van der Waals surface area contributed by atoms with Crippen molar-refractivity contribution in [3.63, 3.8) is 0 Å². The van der Waals surface area contributed by atoms with Gasteiger partial charge in [-0.1, -0.05) is 28.1 Å². The molecule has 1 heterocycles. The summed E-state index contributed by atoms with van der Waals surface area (Å²) in [6.45, 7) is 3.72. The summed E-state index contributed by atoms with van der Waals surface area (Å²) in [6, 6.07) is 14.6. The lowest BCUT2D eigenvalue weighted by Gasteiger charge is -2.18. The van der Waals surface area contributed by atoms with Gasteiger partial charge in [-0.2, -0.15) is 0 Å². The molecule has 144 valence electrons. The minimum Gasteiger partial charge on any atom is -0.497 e. The van der Waals surface area contributed by atoms with Gasteiger partial charge in [-0.15, -0.1) is 0 Å². The van der Waals surface area contributed by atoms with Crippen molar-refractivity contribution in [2.24, 2.45) is 0 Å². The van der Waals surface area contributed by atoms with E-state index in [1.54, 1.807) is 51.3 Å². The summed E-state index contributed by atoms with van der Waals surface area (Å²) in [4.78, 5) is 27.4. The highest BCUT2D eigenvalue weighted by Gasteiger charge is 2.38. The second kappa shape index (κ2) is 8.44. The molecule has 2 aromatic carbocycles. The van der Waals surface area contributed by atoms with E-state index in [2.05, 4.69) is 15.9 Å². The van der Waals surface area contributed by atoms with Gasteiger partial charge in [-0.3, -0.25) is 9.69 Å². The molecule has 0 spiro atoms. The maximum Gasteiger partial charge on any atom is 0.340 e. The van der Waals surface area contributed by atoms with Gasteiger partial charge in [0.2, 0.25) is 0 Å². The Morgan fingerprint density at radius 1 is 1.18 bits per heavy atom. The highest BCUT2D eigenvalue weighted by Crippen LogP contribution is 2.36. The van der Waals surface area contributed by atoms with Crippen molar-refractivity contribution < 1.29 is 19.1 Å². The van der Waals surface area contributed by atoms with Crippen molar-refractivity contribution in [1.29, 1.82) is 0 Å². The van der Waals surface area contributed by atoms with E-state index in [-0.39, 0.29) is 18.1 Å². The number of hydrogen-bond donors (Lipinski definition) is 0. The molecule has 6 heteroatoms. The molecule has 3 rings (SSSR count). The molecular weight excluding hydrogens is 422 g/mol. The summed E-state index contributed by atoms with van der Waals surface area (Å²) < 4.78 is 11.3. The zero-order valence-electron chi connectivity index (χ0n) is 15.9. The summed E-state index contributed by atoms with van der Waals surface area (Å²) in [5.41, 5.74) is 2.59. The molecule has 5 nitrogen and oxygen atoms in total. The first-order valence-corrected chi connectivity index (χ1v) is 9.59. The van der Waals surface area contributed by atoms with Crippen LogP contribution in [0.4, 0.5) is 5.69 Å². The average molecular weight is 442 g/mol. The third-order valence-electron chi connectivity index (χ3n) is 4.37. The SMILES string of the molecule is CCOC(=O)C1=C(C)N(c2ccc(OC)cc2)C(=O)/C1=C\c1cccc(Br)c1. The van der Waals surface area contributed by atoms with Gasteiger partial charge in [-0.25, -0.2) is 4.79 Å². The molecule has 0 unspecified atom stereocenters. The van der Waals surface area contributed by atoms with Crippen LogP contribution >= 0.6 is 15.9 Å². The quantitative estimate of drug-likeness (QED) is 0.497. The largest absolute Gasteiger partial charge is 0.497 e. The van der Waals surface area contributed by atoms with E-state index in [9.17, 15) is 9.59 Å². The molecule has 0 aromatic heterocycles. The van der Waals surface area contributed by atoms with Gasteiger partial charge in [-0.05, 0) is 61.9 Å². The normalized spacial score (nSPS) is 15.4. The third-order valence-corrected chi connectivity index (χ3v) is 4.86. The Hall–Kier alpha value is -2.86. The summed E-state index contributed by atoms with van der Waals surface area (Å²) in [5.74, 6) is -0.0937. The van der Waals surface area contributed by atoms with Crippen LogP contribution in [0.3, 0.4) is 0 Å². The summed E-state index contributed by atoms with van der Waals surface area (Å²) in [7, 11) is 1.58. The second-order valence-corrected chi connectivity index (χ2v) is 7.05. The molecule has 1 aliphatic rings. The lowest BCUT2D eigenvalue weighted by Crippen LogP contribution is -2.24. The number of rotatable bonds is 5. The number of carbonyl (C=O) groups is 2. The minimum atomic E-state index is -0.509. The second-order valence-electron chi connectivity index (χ2n) is 6.13. The van der Waals surface area contributed by atoms with Gasteiger partial charge < -0.3 is 9.47 Å². The topological polar surface area (TPSA) is 55.8 Å². The fourth-order valence-electron chi connectivity index (χ4n) is 3.09. The van der Waals surface area contributed by atoms with E-state index in [1.807, 2.05) is 24.3 Å². The monoisotopic (exact) mass is 441 g/mol. The van der Waals surface area contributed by atoms with Crippen LogP contribution in [0.25, 0.3) is 6.08 Å². The number of methoxy groups -OCH3 is 1. The van der Waals surface area contributed by atoms with Crippen LogP contribution in [0.1, 0.15) is 19.4 Å². The van der Waals surface area contributed by atoms with Crippen LogP contribution in [-0.2, 0) is 14.3 Å². The maximum atomic E-state index is 13.2. The first-order chi connectivity index (χ1) is 13.5. The number of allylic oxidation sites excluding steroid dienone is 1. The number of benzene rings is 2. The van der Waals surface area contributed by atoms with Gasteiger partial charge in [0.1, 0.15) is 5.75 Å². The summed E-state index contributed by atoms with van der Waals surface area (Å²) in [5, 5.41) is 0. The number of esters is 1. The Balaban J connectivity index is 2.10. The first kappa shape index (κ1) is 19.9.